The summed E-state index contributed by atoms with van der Waals surface area (Å²) in [6.07, 6.45) is 1.72. The molecule has 0 radical (unpaired) electrons. The van der Waals surface area contributed by atoms with Gasteiger partial charge < -0.3 is 9.47 Å². The summed E-state index contributed by atoms with van der Waals surface area (Å²) in [4.78, 5) is 29.8. The molecule has 0 spiro atoms. The van der Waals surface area contributed by atoms with Gasteiger partial charge in [-0.25, -0.2) is 14.2 Å². The Bertz CT molecular complexity index is 1170. The highest BCUT2D eigenvalue weighted by atomic mass is 35.5. The number of benzene rings is 2. The van der Waals surface area contributed by atoms with Gasteiger partial charge >= 0.3 is 5.97 Å². The van der Waals surface area contributed by atoms with Crippen molar-refractivity contribution in [2.75, 3.05) is 13.7 Å². The number of esters is 1. The zero-order valence-corrected chi connectivity index (χ0v) is 18.3. The Morgan fingerprint density at radius 1 is 1.39 bits per heavy atom. The molecule has 1 atom stereocenters. The van der Waals surface area contributed by atoms with Crippen LogP contribution in [0.3, 0.4) is 0 Å². The van der Waals surface area contributed by atoms with Crippen molar-refractivity contribution < 1.29 is 18.7 Å². The number of nitrogens with zero attached hydrogens (tertiary/aromatic N) is 2. The predicted molar refractivity (Wildman–Crippen MR) is 117 cm³/mol. The number of thioether (sulfide) groups is 1. The summed E-state index contributed by atoms with van der Waals surface area (Å²) in [7, 11) is 1.29. The second-order valence-electron chi connectivity index (χ2n) is 7.16. The van der Waals surface area contributed by atoms with Gasteiger partial charge in [0.05, 0.1) is 36.2 Å². The Morgan fingerprint density at radius 2 is 2.23 bits per heavy atom. The molecule has 9 heteroatoms. The average Bonchev–Trinajstić information content (AvgIpc) is 3.28. The molecule has 1 aliphatic heterocycles. The molecule has 1 unspecified atom stereocenters. The van der Waals surface area contributed by atoms with Gasteiger partial charge in [-0.2, -0.15) is 0 Å². The van der Waals surface area contributed by atoms with Crippen molar-refractivity contribution in [2.45, 2.75) is 36.4 Å². The Kier molecular flexibility index (Phi) is 6.60. The number of rotatable bonds is 6. The van der Waals surface area contributed by atoms with Gasteiger partial charge in [0.25, 0.3) is 5.56 Å². The number of hydrogen-bond acceptors (Lipinski definition) is 6. The third kappa shape index (κ3) is 4.61. The second-order valence-corrected chi connectivity index (χ2v) is 8.51. The van der Waals surface area contributed by atoms with Gasteiger partial charge in [0.2, 0.25) is 0 Å². The highest BCUT2D eigenvalue weighted by molar-refractivity contribution is 7.98. The molecule has 6 nitrogen and oxygen atoms in total. The summed E-state index contributed by atoms with van der Waals surface area (Å²) in [6, 6.07) is 9.15. The number of carbonyl (C=O) groups is 1. The Balaban J connectivity index is 1.77. The van der Waals surface area contributed by atoms with Crippen molar-refractivity contribution in [2.24, 2.45) is 0 Å². The van der Waals surface area contributed by atoms with Crippen LogP contribution in [-0.4, -0.2) is 35.3 Å². The molecule has 1 fully saturated rings. The van der Waals surface area contributed by atoms with E-state index in [0.29, 0.717) is 45.4 Å². The van der Waals surface area contributed by atoms with E-state index in [1.54, 1.807) is 28.8 Å². The third-order valence-corrected chi connectivity index (χ3v) is 6.52. The Labute approximate surface area is 187 Å². The van der Waals surface area contributed by atoms with Gasteiger partial charge in [-0.1, -0.05) is 29.4 Å². The van der Waals surface area contributed by atoms with Crippen molar-refractivity contribution >= 4 is 40.2 Å². The maximum Gasteiger partial charge on any atom is 0.337 e. The van der Waals surface area contributed by atoms with Crippen LogP contribution in [0.25, 0.3) is 10.9 Å². The van der Waals surface area contributed by atoms with Crippen LogP contribution in [0.2, 0.25) is 5.02 Å². The quantitative estimate of drug-likeness (QED) is 0.306. The molecule has 0 N–H and O–H groups in total. The van der Waals surface area contributed by atoms with E-state index in [4.69, 9.17) is 21.1 Å². The van der Waals surface area contributed by atoms with Crippen molar-refractivity contribution in [3.05, 3.63) is 68.7 Å². The maximum atomic E-state index is 14.2. The van der Waals surface area contributed by atoms with Crippen molar-refractivity contribution in [3.63, 3.8) is 0 Å². The first kappa shape index (κ1) is 21.8. The zero-order valence-electron chi connectivity index (χ0n) is 16.8. The fourth-order valence-electron chi connectivity index (χ4n) is 3.52. The zero-order chi connectivity index (χ0) is 22.0. The average molecular weight is 463 g/mol. The summed E-state index contributed by atoms with van der Waals surface area (Å²) in [5.74, 6) is -0.729. The fourth-order valence-corrected chi connectivity index (χ4v) is 4.87. The first-order valence-corrected chi connectivity index (χ1v) is 11.1. The minimum absolute atomic E-state index is 0.0808. The van der Waals surface area contributed by atoms with Crippen molar-refractivity contribution in [1.82, 2.24) is 9.55 Å². The van der Waals surface area contributed by atoms with Crippen LogP contribution >= 0.6 is 23.4 Å². The lowest BCUT2D eigenvalue weighted by Gasteiger charge is -2.17. The number of fused-ring (bicyclic) bond motifs is 1. The van der Waals surface area contributed by atoms with Crippen LogP contribution in [0, 0.1) is 5.82 Å². The van der Waals surface area contributed by atoms with Gasteiger partial charge in [-0.3, -0.25) is 9.36 Å². The number of halogens is 2. The number of ether oxygens (including phenoxy) is 2. The molecule has 1 aliphatic rings. The molecule has 0 saturated carbocycles. The normalized spacial score (nSPS) is 16.0. The number of methoxy groups -OCH3 is 1. The van der Waals surface area contributed by atoms with Crippen molar-refractivity contribution in [1.29, 1.82) is 0 Å². The lowest BCUT2D eigenvalue weighted by atomic mass is 10.1. The standard InChI is InChI=1S/C22H20ClFN2O4S/c1-29-21(28)13-7-8-15-19(10-13)25-22(26(20(15)27)11-14-4-3-9-30-14)31-12-16-17(23)5-2-6-18(16)24/h2,5-8,10,14H,3-4,9,11-12H2,1H3. The molecule has 0 amide bonds. The van der Waals surface area contributed by atoms with Gasteiger partial charge in [0, 0.05) is 22.9 Å². The second kappa shape index (κ2) is 9.38. The van der Waals surface area contributed by atoms with E-state index < -0.39 is 11.8 Å². The first-order valence-electron chi connectivity index (χ1n) is 9.78. The van der Waals surface area contributed by atoms with E-state index in [-0.39, 0.29) is 17.4 Å². The summed E-state index contributed by atoms with van der Waals surface area (Å²) < 4.78 is 26.3. The van der Waals surface area contributed by atoms with E-state index in [2.05, 4.69) is 4.98 Å². The van der Waals surface area contributed by atoms with Crippen LogP contribution < -0.4 is 5.56 Å². The summed E-state index contributed by atoms with van der Waals surface area (Å²) in [6.45, 7) is 1.02. The minimum atomic E-state index is -0.514. The summed E-state index contributed by atoms with van der Waals surface area (Å²) in [5, 5.41) is 1.11. The molecule has 0 aliphatic carbocycles. The number of aromatic nitrogens is 2. The molecule has 2 heterocycles. The molecule has 162 valence electrons. The third-order valence-electron chi connectivity index (χ3n) is 5.16. The smallest absolute Gasteiger partial charge is 0.337 e. The van der Waals surface area contributed by atoms with Crippen LogP contribution in [0.5, 0.6) is 0 Å². The highest BCUT2D eigenvalue weighted by Gasteiger charge is 2.21. The SMILES string of the molecule is COC(=O)c1ccc2c(=O)n(CC3CCCO3)c(SCc3c(F)cccc3Cl)nc2c1. The first-order chi connectivity index (χ1) is 15.0. The lowest BCUT2D eigenvalue weighted by molar-refractivity contribution is 0.0601. The topological polar surface area (TPSA) is 70.4 Å². The molecule has 0 bridgehead atoms. The van der Waals surface area contributed by atoms with E-state index in [9.17, 15) is 14.0 Å². The predicted octanol–water partition coefficient (Wildman–Crippen LogP) is 4.45. The number of hydrogen-bond donors (Lipinski definition) is 0. The largest absolute Gasteiger partial charge is 0.465 e. The van der Waals surface area contributed by atoms with Gasteiger partial charge in [-0.05, 0) is 43.2 Å². The summed E-state index contributed by atoms with van der Waals surface area (Å²) >= 11 is 7.37. The minimum Gasteiger partial charge on any atom is -0.465 e. The fraction of sp³-hybridized carbons (Fsp3) is 0.318. The molecular weight excluding hydrogens is 443 g/mol. The molecular formula is C22H20ClFN2O4S. The molecule has 4 rings (SSSR count). The van der Waals surface area contributed by atoms with E-state index in [1.807, 2.05) is 0 Å². The van der Waals surface area contributed by atoms with Gasteiger partial charge in [0.1, 0.15) is 5.82 Å². The molecule has 3 aromatic rings. The van der Waals surface area contributed by atoms with E-state index in [1.165, 1.54) is 31.0 Å². The van der Waals surface area contributed by atoms with Crippen LogP contribution in [0.4, 0.5) is 4.39 Å². The maximum absolute atomic E-state index is 14.2. The van der Waals surface area contributed by atoms with Crippen molar-refractivity contribution in [3.8, 4) is 0 Å². The monoisotopic (exact) mass is 462 g/mol. The van der Waals surface area contributed by atoms with Gasteiger partial charge in [-0.15, -0.1) is 0 Å². The molecule has 1 saturated heterocycles. The van der Waals surface area contributed by atoms with Crippen LogP contribution in [0.1, 0.15) is 28.8 Å². The Morgan fingerprint density at radius 3 is 2.94 bits per heavy atom. The van der Waals surface area contributed by atoms with E-state index in [0.717, 1.165) is 12.8 Å². The summed E-state index contributed by atoms with van der Waals surface area (Å²) in [5.41, 5.74) is 0.778. The van der Waals surface area contributed by atoms with Crippen LogP contribution in [-0.2, 0) is 21.8 Å². The van der Waals surface area contributed by atoms with E-state index >= 15 is 0 Å². The number of carbonyl (C=O) groups excluding carboxylic acids is 1. The lowest BCUT2D eigenvalue weighted by Crippen LogP contribution is -2.29. The highest BCUT2D eigenvalue weighted by Crippen LogP contribution is 2.29. The molecule has 1 aromatic heterocycles. The molecule has 2 aromatic carbocycles. The molecule has 31 heavy (non-hydrogen) atoms. The van der Waals surface area contributed by atoms with Crippen LogP contribution in [0.15, 0.2) is 46.3 Å². The van der Waals surface area contributed by atoms with Gasteiger partial charge in [0.15, 0.2) is 5.16 Å². The Hall–Kier alpha value is -2.42.